The number of rotatable bonds is 7. The van der Waals surface area contributed by atoms with Crippen molar-refractivity contribution in [2.75, 3.05) is 32.8 Å². The molecule has 0 aliphatic carbocycles. The molecule has 2 saturated heterocycles. The first-order valence-corrected chi connectivity index (χ1v) is 9.45. The van der Waals surface area contributed by atoms with Crippen molar-refractivity contribution in [1.29, 1.82) is 0 Å². The lowest BCUT2D eigenvalue weighted by Crippen LogP contribution is -2.46. The Hall–Kier alpha value is -0.170. The van der Waals surface area contributed by atoms with Crippen LogP contribution in [0, 0.1) is 0 Å². The number of sulfonamides is 1. The standard InChI is InChI=1S/C14H28N2O3S/c1-2-3-9-16(12-13-5-4-8-15-13)20(17,18)14-6-10-19-11-7-14/h13-15H,2-12H2,1H3. The number of nitrogens with zero attached hydrogens (tertiary/aromatic N) is 1. The highest BCUT2D eigenvalue weighted by molar-refractivity contribution is 7.89. The van der Waals surface area contributed by atoms with E-state index in [1.807, 2.05) is 0 Å². The highest BCUT2D eigenvalue weighted by atomic mass is 32.2. The molecular weight excluding hydrogens is 276 g/mol. The summed E-state index contributed by atoms with van der Waals surface area (Å²) in [4.78, 5) is 0. The molecule has 0 aromatic carbocycles. The van der Waals surface area contributed by atoms with Gasteiger partial charge in [-0.1, -0.05) is 13.3 Å². The summed E-state index contributed by atoms with van der Waals surface area (Å²) in [6, 6.07) is 0.335. The van der Waals surface area contributed by atoms with Crippen LogP contribution in [0.2, 0.25) is 0 Å². The molecular formula is C14H28N2O3S. The van der Waals surface area contributed by atoms with Crippen molar-refractivity contribution in [3.63, 3.8) is 0 Å². The monoisotopic (exact) mass is 304 g/mol. The van der Waals surface area contributed by atoms with E-state index >= 15 is 0 Å². The van der Waals surface area contributed by atoms with Gasteiger partial charge in [0.05, 0.1) is 5.25 Å². The van der Waals surface area contributed by atoms with Crippen LogP contribution in [0.25, 0.3) is 0 Å². The van der Waals surface area contributed by atoms with Gasteiger partial charge in [-0.2, -0.15) is 0 Å². The fourth-order valence-electron chi connectivity index (χ4n) is 3.00. The molecule has 1 N–H and O–H groups in total. The molecule has 0 saturated carbocycles. The zero-order valence-corrected chi connectivity index (χ0v) is 13.3. The molecule has 118 valence electrons. The van der Waals surface area contributed by atoms with Gasteiger partial charge < -0.3 is 10.1 Å². The summed E-state index contributed by atoms with van der Waals surface area (Å²) in [7, 11) is -3.17. The van der Waals surface area contributed by atoms with Crippen LogP contribution < -0.4 is 5.32 Å². The van der Waals surface area contributed by atoms with Gasteiger partial charge in [0.15, 0.2) is 0 Å². The van der Waals surface area contributed by atoms with E-state index < -0.39 is 10.0 Å². The number of hydrogen-bond donors (Lipinski definition) is 1. The highest BCUT2D eigenvalue weighted by Gasteiger charge is 2.34. The molecule has 0 bridgehead atoms. The lowest BCUT2D eigenvalue weighted by molar-refractivity contribution is 0.0971. The van der Waals surface area contributed by atoms with Gasteiger partial charge in [0.2, 0.25) is 10.0 Å². The van der Waals surface area contributed by atoms with Gasteiger partial charge in [-0.3, -0.25) is 0 Å². The molecule has 0 spiro atoms. The van der Waals surface area contributed by atoms with E-state index in [4.69, 9.17) is 4.74 Å². The third-order valence-corrected chi connectivity index (χ3v) is 6.66. The van der Waals surface area contributed by atoms with Gasteiger partial charge in [0, 0.05) is 32.3 Å². The zero-order valence-electron chi connectivity index (χ0n) is 12.5. The Balaban J connectivity index is 2.02. The molecule has 2 aliphatic rings. The number of nitrogens with one attached hydrogen (secondary N) is 1. The molecule has 1 atom stereocenters. The molecule has 1 unspecified atom stereocenters. The molecule has 5 nitrogen and oxygen atoms in total. The summed E-state index contributed by atoms with van der Waals surface area (Å²) in [6.45, 7) is 5.57. The average molecular weight is 304 g/mol. The van der Waals surface area contributed by atoms with Crippen molar-refractivity contribution in [3.05, 3.63) is 0 Å². The molecule has 0 aromatic rings. The van der Waals surface area contributed by atoms with Crippen LogP contribution in [-0.2, 0) is 14.8 Å². The van der Waals surface area contributed by atoms with E-state index in [1.54, 1.807) is 4.31 Å². The van der Waals surface area contributed by atoms with Gasteiger partial charge in [0.25, 0.3) is 0 Å². The van der Waals surface area contributed by atoms with Crippen molar-refractivity contribution in [2.24, 2.45) is 0 Å². The summed E-state index contributed by atoms with van der Waals surface area (Å²) in [5.74, 6) is 0. The quantitative estimate of drug-likeness (QED) is 0.771. The van der Waals surface area contributed by atoms with Crippen LogP contribution in [-0.4, -0.2) is 56.9 Å². The molecule has 20 heavy (non-hydrogen) atoms. The topological polar surface area (TPSA) is 58.6 Å². The minimum atomic E-state index is -3.17. The Morgan fingerprint density at radius 3 is 2.60 bits per heavy atom. The SMILES string of the molecule is CCCCN(CC1CCCN1)S(=O)(=O)C1CCOCC1. The van der Waals surface area contributed by atoms with Crippen LogP contribution >= 0.6 is 0 Å². The zero-order chi connectivity index (χ0) is 14.4. The minimum absolute atomic E-state index is 0.241. The first-order valence-electron chi connectivity index (χ1n) is 7.94. The molecule has 2 rings (SSSR count). The third-order valence-electron chi connectivity index (χ3n) is 4.30. The van der Waals surface area contributed by atoms with Gasteiger partial charge >= 0.3 is 0 Å². The maximum atomic E-state index is 12.8. The van der Waals surface area contributed by atoms with Crippen LogP contribution in [0.3, 0.4) is 0 Å². The van der Waals surface area contributed by atoms with Crippen molar-refractivity contribution < 1.29 is 13.2 Å². The second-order valence-electron chi connectivity index (χ2n) is 5.86. The Bertz CT molecular complexity index is 374. The Morgan fingerprint density at radius 1 is 1.25 bits per heavy atom. The number of hydrogen-bond acceptors (Lipinski definition) is 4. The van der Waals surface area contributed by atoms with E-state index in [-0.39, 0.29) is 5.25 Å². The van der Waals surface area contributed by atoms with E-state index in [0.717, 1.165) is 32.2 Å². The highest BCUT2D eigenvalue weighted by Crippen LogP contribution is 2.21. The van der Waals surface area contributed by atoms with Gasteiger partial charge in [0.1, 0.15) is 0 Å². The predicted octanol–water partition coefficient (Wildman–Crippen LogP) is 1.35. The minimum Gasteiger partial charge on any atom is -0.381 e. The van der Waals surface area contributed by atoms with Crippen molar-refractivity contribution in [3.8, 4) is 0 Å². The summed E-state index contributed by atoms with van der Waals surface area (Å²) in [6.07, 6.45) is 5.49. The van der Waals surface area contributed by atoms with Crippen molar-refractivity contribution in [2.45, 2.75) is 56.7 Å². The van der Waals surface area contributed by atoms with Crippen molar-refractivity contribution in [1.82, 2.24) is 9.62 Å². The summed E-state index contributed by atoms with van der Waals surface area (Å²) < 4.78 is 32.7. The van der Waals surface area contributed by atoms with Crippen molar-refractivity contribution >= 4 is 10.0 Å². The van der Waals surface area contributed by atoms with E-state index in [9.17, 15) is 8.42 Å². The average Bonchev–Trinajstić information content (AvgIpc) is 2.97. The summed E-state index contributed by atoms with van der Waals surface area (Å²) in [5, 5.41) is 3.17. The smallest absolute Gasteiger partial charge is 0.217 e. The molecule has 0 radical (unpaired) electrons. The molecule has 2 fully saturated rings. The van der Waals surface area contributed by atoms with E-state index in [1.165, 1.54) is 0 Å². The lowest BCUT2D eigenvalue weighted by Gasteiger charge is -2.31. The molecule has 2 aliphatic heterocycles. The van der Waals surface area contributed by atoms with Gasteiger partial charge in [-0.05, 0) is 38.6 Å². The molecule has 6 heteroatoms. The lowest BCUT2D eigenvalue weighted by atomic mass is 10.2. The maximum absolute atomic E-state index is 12.8. The normalized spacial score (nSPS) is 25.4. The molecule has 2 heterocycles. The van der Waals surface area contributed by atoms with Gasteiger partial charge in [-0.15, -0.1) is 0 Å². The molecule has 0 amide bonds. The predicted molar refractivity (Wildman–Crippen MR) is 80.3 cm³/mol. The Morgan fingerprint density at radius 2 is 2.00 bits per heavy atom. The second kappa shape index (κ2) is 7.73. The van der Waals surface area contributed by atoms with E-state index in [2.05, 4.69) is 12.2 Å². The Labute approximate surface area is 123 Å². The number of unbranched alkanes of at least 4 members (excludes halogenated alkanes) is 1. The van der Waals surface area contributed by atoms with Crippen LogP contribution in [0.1, 0.15) is 45.4 Å². The fraction of sp³-hybridized carbons (Fsp3) is 1.00. The Kier molecular flexibility index (Phi) is 6.26. The fourth-order valence-corrected chi connectivity index (χ4v) is 4.98. The van der Waals surface area contributed by atoms with Gasteiger partial charge in [-0.25, -0.2) is 12.7 Å². The molecule has 0 aromatic heterocycles. The maximum Gasteiger partial charge on any atom is 0.217 e. The first-order chi connectivity index (χ1) is 9.64. The van der Waals surface area contributed by atoms with Crippen LogP contribution in [0.15, 0.2) is 0 Å². The second-order valence-corrected chi connectivity index (χ2v) is 8.07. The van der Waals surface area contributed by atoms with E-state index in [0.29, 0.717) is 45.2 Å². The first kappa shape index (κ1) is 16.2. The summed E-state index contributed by atoms with van der Waals surface area (Å²) in [5.41, 5.74) is 0. The third kappa shape index (κ3) is 4.16. The van der Waals surface area contributed by atoms with Crippen LogP contribution in [0.4, 0.5) is 0 Å². The number of ether oxygens (including phenoxy) is 1. The summed E-state index contributed by atoms with van der Waals surface area (Å²) >= 11 is 0. The largest absolute Gasteiger partial charge is 0.381 e. The van der Waals surface area contributed by atoms with Crippen LogP contribution in [0.5, 0.6) is 0 Å².